The lowest BCUT2D eigenvalue weighted by Gasteiger charge is -2.22. The quantitative estimate of drug-likeness (QED) is 0.248. The summed E-state index contributed by atoms with van der Waals surface area (Å²) >= 11 is 0. The molecule has 1 fully saturated rings. The van der Waals surface area contributed by atoms with Crippen LogP contribution in [0, 0.1) is 11.6 Å². The van der Waals surface area contributed by atoms with E-state index in [9.17, 15) is 30.4 Å². The maximum atomic E-state index is 13.6. The normalized spacial score (nSPS) is 16.3. The van der Waals surface area contributed by atoms with E-state index >= 15 is 0 Å². The summed E-state index contributed by atoms with van der Waals surface area (Å²) in [5, 5.41) is 2.34. The van der Waals surface area contributed by atoms with Crippen molar-refractivity contribution in [1.29, 1.82) is 0 Å². The first-order valence-electron chi connectivity index (χ1n) is 12.7. The number of amides is 1. The molecular weight excluding hydrogens is 594 g/mol. The molecule has 14 heteroatoms. The summed E-state index contributed by atoms with van der Waals surface area (Å²) in [5.74, 6) is -1.69. The second-order valence-corrected chi connectivity index (χ2v) is 13.0. The number of carbonyl (C=O) groups is 1. The molecule has 218 valence electrons. The molecule has 0 saturated carbocycles. The predicted octanol–water partition coefficient (Wildman–Crippen LogP) is 4.69. The second kappa shape index (κ2) is 10.5. The van der Waals surface area contributed by atoms with Gasteiger partial charge in [-0.2, -0.15) is 12.7 Å². The minimum Gasteiger partial charge on any atom is -0.443 e. The first-order chi connectivity index (χ1) is 20.0. The molecule has 0 aliphatic carbocycles. The van der Waals surface area contributed by atoms with Crippen LogP contribution in [0.2, 0.25) is 0 Å². The average Bonchev–Trinajstić information content (AvgIpc) is 3.70. The highest BCUT2D eigenvalue weighted by Gasteiger charge is 2.41. The highest BCUT2D eigenvalue weighted by Crippen LogP contribution is 2.31. The molecule has 3 aromatic carbocycles. The Bertz CT molecular complexity index is 2050. The fraction of sp³-hybridized carbons (Fsp3) is 0.179. The molecule has 5 aromatic rings. The Hall–Kier alpha value is -4.27. The molecule has 1 atom stereocenters. The molecule has 1 saturated heterocycles. The molecule has 6 rings (SSSR count). The molecule has 1 amide bonds. The number of nitrogens with one attached hydrogen (secondary N) is 1. The second-order valence-electron chi connectivity index (χ2n) is 9.67. The number of sulfonamides is 1. The van der Waals surface area contributed by atoms with Gasteiger partial charge in [-0.3, -0.25) is 4.79 Å². The van der Waals surface area contributed by atoms with Gasteiger partial charge in [0, 0.05) is 36.0 Å². The average molecular weight is 617 g/mol. The van der Waals surface area contributed by atoms with Crippen molar-refractivity contribution < 1.29 is 43.4 Å². The summed E-state index contributed by atoms with van der Waals surface area (Å²) in [6.45, 7) is 0.0513. The summed E-state index contributed by atoms with van der Waals surface area (Å²) < 4.78 is 96.2. The van der Waals surface area contributed by atoms with Crippen LogP contribution in [0.3, 0.4) is 0 Å². The number of hydrogen-bond donors (Lipinski definition) is 1. The molecule has 3 heterocycles. The maximum absolute atomic E-state index is 13.6. The van der Waals surface area contributed by atoms with Gasteiger partial charge in [0.2, 0.25) is 11.0 Å². The van der Waals surface area contributed by atoms with E-state index in [0.29, 0.717) is 12.0 Å². The monoisotopic (exact) mass is 616 g/mol. The zero-order valence-corrected chi connectivity index (χ0v) is 23.3. The van der Waals surface area contributed by atoms with E-state index in [1.54, 1.807) is 6.07 Å². The standard InChI is InChI=1S/C28H22F2N2O8S2/c29-20-6-8-24-18(12-20)14-26(38-24)41(34,35)32-10-2-5-23(32)28(33)31-16-17-3-1-4-22(11-17)40-42(36,37)27-15-19-13-21(30)7-9-25(19)39-27/h1,3-4,6-9,11-15,23H,2,5,10,16H2,(H,31,33)/t23-/m0/s1. The summed E-state index contributed by atoms with van der Waals surface area (Å²) in [6.07, 6.45) is 0.727. The van der Waals surface area contributed by atoms with Crippen LogP contribution in [-0.2, 0) is 31.5 Å². The van der Waals surface area contributed by atoms with Gasteiger partial charge in [0.1, 0.15) is 34.6 Å². The number of benzene rings is 3. The Morgan fingerprint density at radius 3 is 2.21 bits per heavy atom. The van der Waals surface area contributed by atoms with Gasteiger partial charge in [-0.1, -0.05) is 12.1 Å². The van der Waals surface area contributed by atoms with Crippen LogP contribution in [0.5, 0.6) is 5.75 Å². The Morgan fingerprint density at radius 1 is 0.881 bits per heavy atom. The van der Waals surface area contributed by atoms with E-state index in [2.05, 4.69) is 5.32 Å². The zero-order chi connectivity index (χ0) is 29.6. The third-order valence-corrected chi connectivity index (χ3v) is 9.67. The van der Waals surface area contributed by atoms with Crippen molar-refractivity contribution in [3.8, 4) is 5.75 Å². The molecule has 0 spiro atoms. The van der Waals surface area contributed by atoms with E-state index < -0.39 is 48.8 Å². The van der Waals surface area contributed by atoms with Crippen molar-refractivity contribution in [1.82, 2.24) is 9.62 Å². The smallest absolute Gasteiger partial charge is 0.373 e. The third-order valence-electron chi connectivity index (χ3n) is 6.80. The lowest BCUT2D eigenvalue weighted by atomic mass is 10.2. The van der Waals surface area contributed by atoms with Crippen molar-refractivity contribution in [3.05, 3.63) is 90.0 Å². The van der Waals surface area contributed by atoms with E-state index in [1.807, 2.05) is 0 Å². The van der Waals surface area contributed by atoms with Crippen LogP contribution in [0.25, 0.3) is 21.9 Å². The summed E-state index contributed by atoms with van der Waals surface area (Å²) in [4.78, 5) is 13.1. The Morgan fingerprint density at radius 2 is 1.52 bits per heavy atom. The predicted molar refractivity (Wildman–Crippen MR) is 145 cm³/mol. The van der Waals surface area contributed by atoms with Crippen LogP contribution in [0.15, 0.2) is 91.8 Å². The molecule has 10 nitrogen and oxygen atoms in total. The van der Waals surface area contributed by atoms with Crippen molar-refractivity contribution >= 4 is 48.0 Å². The molecule has 2 aromatic heterocycles. The lowest BCUT2D eigenvalue weighted by Crippen LogP contribution is -2.45. The molecule has 0 unspecified atom stereocenters. The highest BCUT2D eigenvalue weighted by atomic mass is 32.2. The Kier molecular flexibility index (Phi) is 6.99. The van der Waals surface area contributed by atoms with Gasteiger partial charge >= 0.3 is 10.1 Å². The summed E-state index contributed by atoms with van der Waals surface area (Å²) in [7, 11) is -8.58. The Balaban J connectivity index is 1.14. The van der Waals surface area contributed by atoms with Gasteiger partial charge in [0.25, 0.3) is 15.1 Å². The molecule has 1 N–H and O–H groups in total. The zero-order valence-electron chi connectivity index (χ0n) is 21.6. The van der Waals surface area contributed by atoms with Crippen molar-refractivity contribution in [2.75, 3.05) is 6.54 Å². The molecule has 1 aliphatic heterocycles. The minimum absolute atomic E-state index is 0.0473. The molecular formula is C28H22F2N2O8S2. The van der Waals surface area contributed by atoms with Gasteiger partial charge in [-0.15, -0.1) is 0 Å². The largest absolute Gasteiger partial charge is 0.443 e. The van der Waals surface area contributed by atoms with Gasteiger partial charge < -0.3 is 18.3 Å². The van der Waals surface area contributed by atoms with Gasteiger partial charge in [-0.05, 0) is 66.9 Å². The number of halogens is 2. The Labute approximate surface area is 238 Å². The maximum Gasteiger partial charge on any atom is 0.373 e. The first kappa shape index (κ1) is 27.9. The lowest BCUT2D eigenvalue weighted by molar-refractivity contribution is -0.124. The summed E-state index contributed by atoms with van der Waals surface area (Å²) in [6, 6.07) is 14.6. The topological polar surface area (TPSA) is 136 Å². The van der Waals surface area contributed by atoms with Crippen molar-refractivity contribution in [2.24, 2.45) is 0 Å². The van der Waals surface area contributed by atoms with E-state index in [-0.39, 0.29) is 52.3 Å². The van der Waals surface area contributed by atoms with Crippen LogP contribution < -0.4 is 9.50 Å². The highest BCUT2D eigenvalue weighted by molar-refractivity contribution is 7.89. The first-order valence-corrected chi connectivity index (χ1v) is 15.6. The van der Waals surface area contributed by atoms with Crippen LogP contribution >= 0.6 is 0 Å². The van der Waals surface area contributed by atoms with Crippen LogP contribution in [0.1, 0.15) is 18.4 Å². The van der Waals surface area contributed by atoms with Crippen molar-refractivity contribution in [3.63, 3.8) is 0 Å². The van der Waals surface area contributed by atoms with Gasteiger partial charge in [0.15, 0.2) is 0 Å². The number of furan rings is 2. The number of nitrogens with zero attached hydrogens (tertiary/aromatic N) is 1. The fourth-order valence-corrected chi connectivity index (χ4v) is 7.33. The minimum atomic E-state index is -4.39. The van der Waals surface area contributed by atoms with Crippen molar-refractivity contribution in [2.45, 2.75) is 35.6 Å². The molecule has 42 heavy (non-hydrogen) atoms. The van der Waals surface area contributed by atoms with E-state index in [4.69, 9.17) is 13.0 Å². The van der Waals surface area contributed by atoms with Gasteiger partial charge in [-0.25, -0.2) is 17.2 Å². The van der Waals surface area contributed by atoms with Crippen LogP contribution in [-0.4, -0.2) is 39.6 Å². The summed E-state index contributed by atoms with van der Waals surface area (Å²) in [5.41, 5.74) is 0.857. The molecule has 1 aliphatic rings. The molecule has 0 bridgehead atoms. The third kappa shape index (κ3) is 5.35. The van der Waals surface area contributed by atoms with E-state index in [0.717, 1.165) is 34.6 Å². The van der Waals surface area contributed by atoms with E-state index in [1.165, 1.54) is 36.4 Å². The fourth-order valence-electron chi connectivity index (χ4n) is 4.82. The van der Waals surface area contributed by atoms with Gasteiger partial charge in [0.05, 0.1) is 0 Å². The number of fused-ring (bicyclic) bond motifs is 2. The SMILES string of the molecule is O=C(NCc1cccc(OS(=O)(=O)c2cc3cc(F)ccc3o2)c1)[C@@H]1CCCN1S(=O)(=O)c1cc2cc(F)ccc2o1. The van der Waals surface area contributed by atoms with Crippen LogP contribution in [0.4, 0.5) is 8.78 Å². The number of hydrogen-bond acceptors (Lipinski definition) is 8. The number of rotatable bonds is 8. The number of carbonyl (C=O) groups excluding carboxylic acids is 1. The molecule has 0 radical (unpaired) electrons.